The highest BCUT2D eigenvalue weighted by molar-refractivity contribution is 6.11. The summed E-state index contributed by atoms with van der Waals surface area (Å²) in [5, 5.41) is 11.8. The molecule has 9 aromatic carbocycles. The Morgan fingerprint density at radius 2 is 0.560 bits per heavy atom. The molecular weight excluding hydrogens is 1140 g/mol. The number of nitrogens with one attached hydrogen (secondary N) is 2. The average Bonchev–Trinajstić information content (AvgIpc) is 1.65. The summed E-state index contributed by atoms with van der Waals surface area (Å²) in [7, 11) is 0. The van der Waals surface area contributed by atoms with E-state index < -0.39 is 36.0 Å². The minimum Gasteiger partial charge on any atom is -0.459 e. The highest BCUT2D eigenvalue weighted by Crippen LogP contribution is 2.37. The van der Waals surface area contributed by atoms with Crippen molar-refractivity contribution in [1.82, 2.24) is 29.2 Å². The van der Waals surface area contributed by atoms with Crippen LogP contribution in [0.1, 0.15) is 73.3 Å². The maximum atomic E-state index is 14.9. The Morgan fingerprint density at radius 3 is 0.835 bits per heavy atom. The zero-order valence-corrected chi connectivity index (χ0v) is 50.4. The average molecular weight is 1210 g/mol. The number of esters is 3. The van der Waals surface area contributed by atoms with Crippen molar-refractivity contribution in [3.05, 3.63) is 253 Å². The molecule has 0 aliphatic heterocycles. The monoisotopic (exact) mass is 1210 g/mol. The summed E-state index contributed by atoms with van der Waals surface area (Å²) in [4.78, 5) is 87.9. The van der Waals surface area contributed by atoms with Gasteiger partial charge in [0.25, 0.3) is 0 Å². The molecule has 0 radical (unpaired) electrons. The van der Waals surface area contributed by atoms with Crippen LogP contribution in [0.4, 0.5) is 0 Å². The van der Waals surface area contributed by atoms with Gasteiger partial charge in [0.05, 0.1) is 0 Å². The van der Waals surface area contributed by atoms with Crippen LogP contribution < -0.4 is 10.6 Å². The molecule has 3 atom stereocenters. The minimum absolute atomic E-state index is 0.0369. The number of nitrogens with zero attached hydrogens (tertiary/aromatic N) is 4. The van der Waals surface area contributed by atoms with Crippen LogP contribution in [-0.4, -0.2) is 80.4 Å². The quantitative estimate of drug-likeness (QED) is 0.0375. The molecule has 0 spiro atoms. The van der Waals surface area contributed by atoms with Crippen LogP contribution in [0.3, 0.4) is 0 Å². The molecule has 0 saturated carbocycles. The first-order chi connectivity index (χ1) is 44.7. The van der Waals surface area contributed by atoms with E-state index in [0.717, 1.165) is 82.1 Å². The van der Waals surface area contributed by atoms with Crippen molar-refractivity contribution in [3.8, 4) is 0 Å². The molecule has 0 aliphatic rings. The lowest BCUT2D eigenvalue weighted by Gasteiger charge is -2.25. The fraction of sp³-hybridized carbons (Fsp3) is 0.211. The molecule has 12 aromatic rings. The van der Waals surface area contributed by atoms with Crippen LogP contribution in [0.2, 0.25) is 0 Å². The number of hydrogen-bond acceptors (Lipinski definition) is 9. The van der Waals surface area contributed by atoms with Crippen molar-refractivity contribution in [2.24, 2.45) is 0 Å². The first-order valence-electron chi connectivity index (χ1n) is 31.0. The maximum absolute atomic E-state index is 14.9. The Labute approximate surface area is 526 Å². The smallest absolute Gasteiger partial charge is 0.329 e. The summed E-state index contributed by atoms with van der Waals surface area (Å²) >= 11 is 0. The second kappa shape index (κ2) is 28.6. The topological polar surface area (TPSA) is 172 Å². The zero-order chi connectivity index (χ0) is 62.5. The fourth-order valence-corrected chi connectivity index (χ4v) is 12.5. The number of benzene rings is 9. The van der Waals surface area contributed by atoms with Crippen molar-refractivity contribution in [2.45, 2.75) is 76.5 Å². The molecule has 458 valence electrons. The van der Waals surface area contributed by atoms with Gasteiger partial charge >= 0.3 is 17.9 Å². The molecule has 15 heteroatoms. The SMILES string of the molecule is O=C(CC[C@@H](C(=O)OCc1ccccc1)n1c2ccccc2c2ccccc21)NCCN(CCNC(=O)CC[C@@H](C(=O)OCc1ccccc1)n1c2ccccc2c2ccccc21)C(=O)CC[C@@H](C(=O)OCc1ccccc1)n1c2ccccc2c2ccccc21. The molecule has 0 saturated heterocycles. The van der Waals surface area contributed by atoms with Gasteiger partial charge in [-0.2, -0.15) is 0 Å². The third-order valence-corrected chi connectivity index (χ3v) is 17.0. The maximum Gasteiger partial charge on any atom is 0.329 e. The molecule has 0 aliphatic carbocycles. The number of fused-ring (bicyclic) bond motifs is 9. The summed E-state index contributed by atoms with van der Waals surface area (Å²) in [6.07, 6.45) is 0.117. The first kappa shape index (κ1) is 60.5. The third kappa shape index (κ3) is 13.8. The lowest BCUT2D eigenvalue weighted by Crippen LogP contribution is -2.43. The van der Waals surface area contributed by atoms with E-state index in [1.54, 1.807) is 4.90 Å². The summed E-state index contributed by atoms with van der Waals surface area (Å²) in [6.45, 7) is 0.344. The van der Waals surface area contributed by atoms with Crippen LogP contribution in [0, 0.1) is 0 Å². The van der Waals surface area contributed by atoms with E-state index >= 15 is 0 Å². The van der Waals surface area contributed by atoms with Gasteiger partial charge in [0.2, 0.25) is 17.7 Å². The Morgan fingerprint density at radius 1 is 0.319 bits per heavy atom. The van der Waals surface area contributed by atoms with E-state index in [0.29, 0.717) is 0 Å². The second-order valence-corrected chi connectivity index (χ2v) is 22.7. The number of hydrogen-bond donors (Lipinski definition) is 2. The summed E-state index contributed by atoms with van der Waals surface area (Å²) in [6, 6.07) is 72.9. The highest BCUT2D eigenvalue weighted by Gasteiger charge is 2.31. The molecular formula is C76H70N6O9. The molecule has 3 heterocycles. The number of aromatic nitrogens is 3. The van der Waals surface area contributed by atoms with Gasteiger partial charge in [0, 0.05) is 111 Å². The fourth-order valence-electron chi connectivity index (χ4n) is 12.5. The zero-order valence-electron chi connectivity index (χ0n) is 50.4. The van der Waals surface area contributed by atoms with E-state index in [4.69, 9.17) is 14.2 Å². The van der Waals surface area contributed by atoms with Gasteiger partial charge in [0.15, 0.2) is 0 Å². The molecule has 12 rings (SSSR count). The van der Waals surface area contributed by atoms with E-state index in [1.807, 2.05) is 250 Å². The lowest BCUT2D eigenvalue weighted by atomic mass is 10.1. The molecule has 2 N–H and O–H groups in total. The Hall–Kier alpha value is -10.8. The molecule has 91 heavy (non-hydrogen) atoms. The predicted molar refractivity (Wildman–Crippen MR) is 354 cm³/mol. The number of carbonyl (C=O) groups is 6. The molecule has 15 nitrogen and oxygen atoms in total. The normalized spacial score (nSPS) is 12.4. The van der Waals surface area contributed by atoms with Crippen LogP contribution in [0.15, 0.2) is 237 Å². The second-order valence-electron chi connectivity index (χ2n) is 22.7. The first-order valence-corrected chi connectivity index (χ1v) is 31.0. The lowest BCUT2D eigenvalue weighted by molar-refractivity contribution is -0.150. The van der Waals surface area contributed by atoms with Crippen LogP contribution in [0.25, 0.3) is 65.4 Å². The van der Waals surface area contributed by atoms with Gasteiger partial charge in [0.1, 0.15) is 37.9 Å². The van der Waals surface area contributed by atoms with Crippen molar-refractivity contribution in [1.29, 1.82) is 0 Å². The van der Waals surface area contributed by atoms with Crippen molar-refractivity contribution >= 4 is 101 Å². The standard InChI is InChI=1S/C76H70N6O9/c83-71(43-40-68(74(86)89-50-53-22-4-1-5-23-53)80-62-34-16-10-28-56(62)57-29-11-17-35-63(57)80)77-46-48-79(73(85)45-42-70(76(88)91-52-55-26-8-3-9-27-55)82-66-38-20-14-32-60(66)61-33-15-21-39-67(61)82)49-47-78-72(84)44-41-69(75(87)90-51-54-24-6-2-7-25-54)81-64-36-18-12-30-58(64)59-31-13-19-37-65(59)81/h1-39,68-70H,40-52H2,(H,77,83)(H,78,84)/t68-,69-,70-/m0/s1. The molecule has 0 unspecified atom stereocenters. The molecule has 3 amide bonds. The highest BCUT2D eigenvalue weighted by atomic mass is 16.5. The summed E-state index contributed by atoms with van der Waals surface area (Å²) in [5.41, 5.74) is 7.45. The van der Waals surface area contributed by atoms with Gasteiger partial charge in [-0.3, -0.25) is 14.4 Å². The van der Waals surface area contributed by atoms with Gasteiger partial charge in [-0.05, 0) is 72.4 Å². The Kier molecular flexibility index (Phi) is 19.0. The summed E-state index contributed by atoms with van der Waals surface area (Å²) < 4.78 is 23.9. The number of carbonyl (C=O) groups excluding carboxylic acids is 6. The number of amides is 3. The Balaban J connectivity index is 0.771. The molecule has 3 aromatic heterocycles. The van der Waals surface area contributed by atoms with Gasteiger partial charge < -0.3 is 43.4 Å². The predicted octanol–water partition coefficient (Wildman–Crippen LogP) is 13.7. The van der Waals surface area contributed by atoms with E-state index in [1.165, 1.54) is 0 Å². The largest absolute Gasteiger partial charge is 0.459 e. The van der Waals surface area contributed by atoms with E-state index in [9.17, 15) is 28.8 Å². The van der Waals surface area contributed by atoms with Crippen molar-refractivity contribution in [3.63, 3.8) is 0 Å². The molecule has 0 bridgehead atoms. The minimum atomic E-state index is -0.914. The van der Waals surface area contributed by atoms with Gasteiger partial charge in [-0.25, -0.2) is 14.4 Å². The summed E-state index contributed by atoms with van der Waals surface area (Å²) in [5.74, 6) is -2.44. The third-order valence-electron chi connectivity index (χ3n) is 17.0. The van der Waals surface area contributed by atoms with E-state index in [-0.39, 0.29) is 102 Å². The molecule has 0 fully saturated rings. The van der Waals surface area contributed by atoms with Crippen LogP contribution in [0.5, 0.6) is 0 Å². The van der Waals surface area contributed by atoms with Crippen molar-refractivity contribution < 1.29 is 43.0 Å². The van der Waals surface area contributed by atoms with Gasteiger partial charge in [-0.15, -0.1) is 0 Å². The number of ether oxygens (including phenoxy) is 3. The van der Waals surface area contributed by atoms with Crippen molar-refractivity contribution in [2.75, 3.05) is 26.2 Å². The number of rotatable bonds is 27. The number of para-hydroxylation sites is 6. The van der Waals surface area contributed by atoms with Gasteiger partial charge in [-0.1, -0.05) is 200 Å². The van der Waals surface area contributed by atoms with Crippen LogP contribution in [-0.2, 0) is 62.8 Å². The van der Waals surface area contributed by atoms with Crippen LogP contribution >= 0.6 is 0 Å². The Bertz CT molecular complexity index is 4200. The van der Waals surface area contributed by atoms with E-state index in [2.05, 4.69) is 10.6 Å².